The van der Waals surface area contributed by atoms with Crippen LogP contribution in [0.1, 0.15) is 5.56 Å². The molecule has 1 fully saturated rings. The van der Waals surface area contributed by atoms with E-state index in [1.54, 1.807) is 25.3 Å². The van der Waals surface area contributed by atoms with Gasteiger partial charge in [0.05, 0.1) is 18.6 Å². The van der Waals surface area contributed by atoms with Gasteiger partial charge < -0.3 is 4.74 Å². The maximum absolute atomic E-state index is 11.9. The fraction of sp³-hybridized carbons (Fsp3) is 0.143. The summed E-state index contributed by atoms with van der Waals surface area (Å²) >= 11 is 0.898. The average Bonchev–Trinajstić information content (AvgIpc) is 2.68. The third-order valence-corrected chi connectivity index (χ3v) is 3.44. The summed E-state index contributed by atoms with van der Waals surface area (Å²) in [6.45, 7) is 0.00458. The molecular weight excluding hydrogens is 262 g/mol. The van der Waals surface area contributed by atoms with Crippen LogP contribution in [0.2, 0.25) is 0 Å². The fourth-order valence-corrected chi connectivity index (χ4v) is 2.42. The van der Waals surface area contributed by atoms with E-state index in [1.807, 2.05) is 12.1 Å². The molecular formula is C14H11NO3S. The largest absolute Gasteiger partial charge is 0.497 e. The molecule has 1 aliphatic heterocycles. The van der Waals surface area contributed by atoms with Crippen LogP contribution >= 0.6 is 11.8 Å². The van der Waals surface area contributed by atoms with E-state index >= 15 is 0 Å². The third-order valence-electron chi connectivity index (χ3n) is 2.54. The summed E-state index contributed by atoms with van der Waals surface area (Å²) in [6, 6.07) is 7.21. The van der Waals surface area contributed by atoms with Crippen molar-refractivity contribution in [3.8, 4) is 18.1 Å². The van der Waals surface area contributed by atoms with Gasteiger partial charge in [-0.25, -0.2) is 0 Å². The number of rotatable bonds is 3. The Morgan fingerprint density at radius 3 is 2.63 bits per heavy atom. The molecule has 0 N–H and O–H groups in total. The summed E-state index contributed by atoms with van der Waals surface area (Å²) in [4.78, 5) is 25.0. The lowest BCUT2D eigenvalue weighted by molar-refractivity contribution is -0.122. The molecule has 0 aromatic heterocycles. The molecule has 19 heavy (non-hydrogen) atoms. The first-order valence-corrected chi connectivity index (χ1v) is 6.30. The van der Waals surface area contributed by atoms with Crippen LogP contribution in [0.3, 0.4) is 0 Å². The highest BCUT2D eigenvalue weighted by Gasteiger charge is 2.34. The number of carbonyl (C=O) groups excluding carboxylic acids is 2. The second-order valence-electron chi connectivity index (χ2n) is 3.75. The van der Waals surface area contributed by atoms with E-state index in [1.165, 1.54) is 0 Å². The predicted octanol–water partition coefficient (Wildman–Crippen LogP) is 2.36. The molecule has 5 heteroatoms. The minimum absolute atomic E-state index is 0.00458. The van der Waals surface area contributed by atoms with Gasteiger partial charge in [0, 0.05) is 0 Å². The number of amides is 2. The summed E-state index contributed by atoms with van der Waals surface area (Å²) in [5.74, 6) is 2.69. The molecule has 1 aromatic carbocycles. The van der Waals surface area contributed by atoms with Crippen molar-refractivity contribution >= 4 is 29.0 Å². The van der Waals surface area contributed by atoms with E-state index < -0.39 is 0 Å². The Morgan fingerprint density at radius 1 is 1.37 bits per heavy atom. The zero-order chi connectivity index (χ0) is 13.8. The molecule has 0 radical (unpaired) electrons. The van der Waals surface area contributed by atoms with Crippen molar-refractivity contribution in [1.29, 1.82) is 0 Å². The first-order chi connectivity index (χ1) is 9.15. The molecule has 0 atom stereocenters. The van der Waals surface area contributed by atoms with Crippen LogP contribution in [0, 0.1) is 12.3 Å². The minimum Gasteiger partial charge on any atom is -0.497 e. The van der Waals surface area contributed by atoms with Crippen LogP contribution in [0.4, 0.5) is 4.79 Å². The Morgan fingerprint density at radius 2 is 2.05 bits per heavy atom. The van der Waals surface area contributed by atoms with Crippen molar-refractivity contribution in [2.75, 3.05) is 13.7 Å². The number of hydrogen-bond donors (Lipinski definition) is 0. The van der Waals surface area contributed by atoms with Gasteiger partial charge in [-0.15, -0.1) is 6.42 Å². The number of carbonyl (C=O) groups is 2. The molecule has 1 aromatic rings. The number of benzene rings is 1. The van der Waals surface area contributed by atoms with Crippen LogP contribution in [0.15, 0.2) is 29.2 Å². The number of imide groups is 1. The first kappa shape index (κ1) is 13.2. The summed E-state index contributed by atoms with van der Waals surface area (Å²) in [5, 5.41) is -0.331. The van der Waals surface area contributed by atoms with Crippen molar-refractivity contribution in [3.63, 3.8) is 0 Å². The monoisotopic (exact) mass is 273 g/mol. The Labute approximate surface area is 115 Å². The normalized spacial score (nSPS) is 16.8. The molecule has 0 spiro atoms. The summed E-state index contributed by atoms with van der Waals surface area (Å²) in [5.41, 5.74) is 0.826. The smallest absolute Gasteiger partial charge is 0.294 e. The van der Waals surface area contributed by atoms with Gasteiger partial charge in [-0.3, -0.25) is 14.5 Å². The van der Waals surface area contributed by atoms with Gasteiger partial charge in [0.2, 0.25) is 0 Å². The third kappa shape index (κ3) is 2.80. The Kier molecular flexibility index (Phi) is 3.93. The van der Waals surface area contributed by atoms with Gasteiger partial charge in [-0.1, -0.05) is 18.1 Å². The van der Waals surface area contributed by atoms with E-state index in [4.69, 9.17) is 11.2 Å². The number of ether oxygens (including phenoxy) is 1. The Hall–Kier alpha value is -2.19. The molecule has 1 saturated heterocycles. The maximum atomic E-state index is 11.9. The molecule has 2 rings (SSSR count). The second kappa shape index (κ2) is 5.63. The standard InChI is InChI=1S/C14H11NO3S/c1-3-8-15-13(16)12(19-14(15)17)9-10-4-6-11(18-2)7-5-10/h1,4-7,9H,8H2,2H3/b12-9-. The molecule has 1 heterocycles. The molecule has 2 amide bonds. The van der Waals surface area contributed by atoms with Crippen molar-refractivity contribution < 1.29 is 14.3 Å². The van der Waals surface area contributed by atoms with E-state index in [0.717, 1.165) is 28.0 Å². The zero-order valence-electron chi connectivity index (χ0n) is 10.3. The van der Waals surface area contributed by atoms with Gasteiger partial charge in [0.15, 0.2) is 0 Å². The average molecular weight is 273 g/mol. The van der Waals surface area contributed by atoms with Crippen molar-refractivity contribution in [3.05, 3.63) is 34.7 Å². The zero-order valence-corrected chi connectivity index (χ0v) is 11.1. The Balaban J connectivity index is 2.22. The van der Waals surface area contributed by atoms with Crippen molar-refractivity contribution in [1.82, 2.24) is 4.90 Å². The molecule has 96 valence electrons. The fourth-order valence-electron chi connectivity index (χ4n) is 1.58. The predicted molar refractivity (Wildman–Crippen MR) is 74.5 cm³/mol. The van der Waals surface area contributed by atoms with Crippen LogP contribution < -0.4 is 4.74 Å². The molecule has 0 saturated carbocycles. The number of thioether (sulfide) groups is 1. The Bertz CT molecular complexity index is 584. The summed E-state index contributed by atoms with van der Waals surface area (Å²) < 4.78 is 5.05. The van der Waals surface area contributed by atoms with Crippen molar-refractivity contribution in [2.24, 2.45) is 0 Å². The van der Waals surface area contributed by atoms with Crippen LogP contribution in [0.5, 0.6) is 5.75 Å². The second-order valence-corrected chi connectivity index (χ2v) is 4.74. The van der Waals surface area contributed by atoms with Gasteiger partial charge in [0.1, 0.15) is 5.75 Å². The van der Waals surface area contributed by atoms with Crippen LogP contribution in [0.25, 0.3) is 6.08 Å². The molecule has 4 nitrogen and oxygen atoms in total. The molecule has 0 bridgehead atoms. The number of terminal acetylenes is 1. The highest BCUT2D eigenvalue weighted by Crippen LogP contribution is 2.32. The molecule has 0 aliphatic carbocycles. The lowest BCUT2D eigenvalue weighted by atomic mass is 10.2. The lowest BCUT2D eigenvalue weighted by Crippen LogP contribution is -2.28. The summed E-state index contributed by atoms with van der Waals surface area (Å²) in [6.07, 6.45) is 6.79. The van der Waals surface area contributed by atoms with E-state index in [9.17, 15) is 9.59 Å². The number of hydrogen-bond acceptors (Lipinski definition) is 4. The van der Waals surface area contributed by atoms with E-state index in [0.29, 0.717) is 4.91 Å². The van der Waals surface area contributed by atoms with Gasteiger partial charge in [-0.2, -0.15) is 0 Å². The molecule has 0 unspecified atom stereocenters. The van der Waals surface area contributed by atoms with Gasteiger partial charge >= 0.3 is 0 Å². The van der Waals surface area contributed by atoms with Crippen LogP contribution in [-0.4, -0.2) is 29.7 Å². The van der Waals surface area contributed by atoms with E-state index in [-0.39, 0.29) is 17.7 Å². The summed E-state index contributed by atoms with van der Waals surface area (Å²) in [7, 11) is 1.58. The van der Waals surface area contributed by atoms with Gasteiger partial charge in [-0.05, 0) is 35.5 Å². The van der Waals surface area contributed by atoms with Crippen LogP contribution in [-0.2, 0) is 4.79 Å². The highest BCUT2D eigenvalue weighted by molar-refractivity contribution is 8.18. The van der Waals surface area contributed by atoms with Crippen molar-refractivity contribution in [2.45, 2.75) is 0 Å². The highest BCUT2D eigenvalue weighted by atomic mass is 32.2. The quantitative estimate of drug-likeness (QED) is 0.626. The topological polar surface area (TPSA) is 46.6 Å². The SMILES string of the molecule is C#CCN1C(=O)S/C(=C\c2ccc(OC)cc2)C1=O. The lowest BCUT2D eigenvalue weighted by Gasteiger charge is -2.06. The minimum atomic E-state index is -0.344. The maximum Gasteiger partial charge on any atom is 0.294 e. The first-order valence-electron chi connectivity index (χ1n) is 5.48. The molecule has 1 aliphatic rings. The number of methoxy groups -OCH3 is 1. The van der Waals surface area contributed by atoms with E-state index in [2.05, 4.69) is 5.92 Å². The number of nitrogens with zero attached hydrogens (tertiary/aromatic N) is 1. The van der Waals surface area contributed by atoms with Gasteiger partial charge in [0.25, 0.3) is 11.1 Å².